The number of hydrogen-bond donors (Lipinski definition) is 1. The zero-order chi connectivity index (χ0) is 28.1. The molecule has 1 saturated heterocycles. The van der Waals surface area contributed by atoms with Gasteiger partial charge in [-0.15, -0.1) is 0 Å². The van der Waals surface area contributed by atoms with Gasteiger partial charge < -0.3 is 5.11 Å². The molecule has 2 fully saturated rings. The van der Waals surface area contributed by atoms with Crippen molar-refractivity contribution >= 4 is 11.6 Å². The molecule has 0 spiro atoms. The third-order valence-corrected chi connectivity index (χ3v) is 8.63. The highest BCUT2D eigenvalue weighted by atomic mass is 19.4. The van der Waals surface area contributed by atoms with E-state index in [0.717, 1.165) is 49.3 Å². The maximum absolute atomic E-state index is 13.6. The zero-order valence-electron chi connectivity index (χ0n) is 23.0. The maximum Gasteiger partial charge on any atom is 0.416 e. The first-order valence-corrected chi connectivity index (χ1v) is 13.5. The molecule has 10 heteroatoms. The average molecular weight is 543 g/mol. The van der Waals surface area contributed by atoms with Gasteiger partial charge in [0.15, 0.2) is 11.9 Å². The molecule has 1 saturated carbocycles. The molecule has 1 N–H and O–H groups in total. The van der Waals surface area contributed by atoms with E-state index in [1.807, 2.05) is 17.9 Å². The van der Waals surface area contributed by atoms with Crippen molar-refractivity contribution in [3.05, 3.63) is 53.3 Å². The van der Waals surface area contributed by atoms with Crippen LogP contribution in [0.15, 0.2) is 36.5 Å². The maximum atomic E-state index is 13.6. The smallest absolute Gasteiger partial charge is 0.390 e. The predicted molar refractivity (Wildman–Crippen MR) is 139 cm³/mol. The molecular weight excluding hydrogens is 507 g/mol. The normalized spacial score (nSPS) is 27.6. The Morgan fingerprint density at radius 1 is 1.10 bits per heavy atom. The fraction of sp³-hybridized carbons (Fsp3) is 0.552. The minimum atomic E-state index is -4.41. The summed E-state index contributed by atoms with van der Waals surface area (Å²) >= 11 is 0. The van der Waals surface area contributed by atoms with Gasteiger partial charge in [0.05, 0.1) is 23.3 Å². The predicted octanol–water partition coefficient (Wildman–Crippen LogP) is 4.21. The molecule has 3 aromatic rings. The van der Waals surface area contributed by atoms with Crippen LogP contribution in [0.2, 0.25) is 0 Å². The van der Waals surface area contributed by atoms with E-state index in [1.165, 1.54) is 12.1 Å². The minimum Gasteiger partial charge on any atom is -0.390 e. The first kappa shape index (κ1) is 26.3. The molecule has 2 aliphatic heterocycles. The van der Waals surface area contributed by atoms with Gasteiger partial charge in [-0.1, -0.05) is 42.5 Å². The number of benzene rings is 1. The lowest BCUT2D eigenvalue weighted by atomic mass is 9.72. The van der Waals surface area contributed by atoms with Crippen molar-refractivity contribution in [3.63, 3.8) is 0 Å². The van der Waals surface area contributed by atoms with E-state index < -0.39 is 23.0 Å². The Morgan fingerprint density at radius 2 is 1.77 bits per heavy atom. The highest BCUT2D eigenvalue weighted by Gasteiger charge is 2.57. The van der Waals surface area contributed by atoms with E-state index in [1.54, 1.807) is 10.7 Å². The number of amides is 1. The standard InChI is InChI=1S/C29H35F3N5O2/c1-26(2,3)21-12-22(19-6-8-20(9-7-19)29(30,31)32)33-36-16-23-25(38)35-11-10-34(15-18-13-27(4,39)14-18)17-28(35,5)37(23)24(21)36/h6-9,12,16,18,39H,10-11,13-15,17H2,1-5H3/q+1. The molecule has 4 heterocycles. The van der Waals surface area contributed by atoms with Crippen LogP contribution in [0.4, 0.5) is 13.2 Å². The van der Waals surface area contributed by atoms with E-state index in [-0.39, 0.29) is 11.3 Å². The third-order valence-electron chi connectivity index (χ3n) is 8.63. The summed E-state index contributed by atoms with van der Waals surface area (Å²) in [5.41, 5.74) is 1.25. The molecule has 6 rings (SSSR count). The third kappa shape index (κ3) is 4.23. The second kappa shape index (κ2) is 8.27. The fourth-order valence-electron chi connectivity index (χ4n) is 6.83. The largest absolute Gasteiger partial charge is 0.416 e. The van der Waals surface area contributed by atoms with Crippen LogP contribution >= 0.6 is 0 Å². The Labute approximate surface area is 225 Å². The summed E-state index contributed by atoms with van der Waals surface area (Å²) in [6, 6.07) is 6.97. The van der Waals surface area contributed by atoms with Gasteiger partial charge in [-0.25, -0.2) is 0 Å². The molecule has 0 bridgehead atoms. The SMILES string of the molecule is CC1(O)CC(CN2CCN3C(=O)c4cn5nc(-c6ccc(C(F)(F)F)cc6)cc(C(C)(C)C)c5[n+]4C3(C)C2)C1. The van der Waals surface area contributed by atoms with Crippen LogP contribution in [-0.2, 0) is 17.3 Å². The highest BCUT2D eigenvalue weighted by molar-refractivity contribution is 5.93. The van der Waals surface area contributed by atoms with Crippen molar-refractivity contribution in [2.75, 3.05) is 26.2 Å². The molecule has 7 nitrogen and oxygen atoms in total. The van der Waals surface area contributed by atoms with Crippen molar-refractivity contribution in [2.24, 2.45) is 5.92 Å². The van der Waals surface area contributed by atoms with Crippen LogP contribution in [-0.4, -0.2) is 62.2 Å². The zero-order valence-corrected chi connectivity index (χ0v) is 23.0. The summed E-state index contributed by atoms with van der Waals surface area (Å²) in [7, 11) is 0. The second-order valence-corrected chi connectivity index (χ2v) is 13.1. The summed E-state index contributed by atoms with van der Waals surface area (Å²) in [5.74, 6) is 0.408. The average Bonchev–Trinajstić information content (AvgIpc) is 3.30. The van der Waals surface area contributed by atoms with Crippen molar-refractivity contribution < 1.29 is 27.6 Å². The summed E-state index contributed by atoms with van der Waals surface area (Å²) in [6.07, 6.45) is -1.06. The summed E-state index contributed by atoms with van der Waals surface area (Å²) in [6.45, 7) is 13.2. The Kier molecular flexibility index (Phi) is 5.56. The van der Waals surface area contributed by atoms with Crippen LogP contribution in [0.25, 0.3) is 16.9 Å². The second-order valence-electron chi connectivity index (χ2n) is 13.1. The number of nitrogens with zero attached hydrogens (tertiary/aromatic N) is 5. The first-order valence-electron chi connectivity index (χ1n) is 13.5. The van der Waals surface area contributed by atoms with E-state index in [9.17, 15) is 23.1 Å². The number of carbonyl (C=O) groups is 1. The van der Waals surface area contributed by atoms with E-state index in [4.69, 9.17) is 5.10 Å². The Balaban J connectivity index is 1.43. The Morgan fingerprint density at radius 3 is 2.36 bits per heavy atom. The van der Waals surface area contributed by atoms with Crippen LogP contribution in [0.5, 0.6) is 0 Å². The summed E-state index contributed by atoms with van der Waals surface area (Å²) < 4.78 is 43.2. The molecule has 3 aliphatic rings. The molecule has 2 aromatic heterocycles. The lowest BCUT2D eigenvalue weighted by Gasteiger charge is -2.47. The molecule has 1 amide bonds. The lowest BCUT2D eigenvalue weighted by molar-refractivity contribution is -0.750. The molecule has 39 heavy (non-hydrogen) atoms. The van der Waals surface area contributed by atoms with Crippen molar-refractivity contribution in [3.8, 4) is 11.3 Å². The van der Waals surface area contributed by atoms with Gasteiger partial charge in [-0.2, -0.15) is 17.7 Å². The first-order chi connectivity index (χ1) is 18.1. The fourth-order valence-corrected chi connectivity index (χ4v) is 6.83. The molecule has 208 valence electrons. The van der Waals surface area contributed by atoms with E-state index in [2.05, 4.69) is 37.2 Å². The van der Waals surface area contributed by atoms with E-state index in [0.29, 0.717) is 36.0 Å². The summed E-state index contributed by atoms with van der Waals surface area (Å²) in [5, 5.41) is 15.0. The van der Waals surface area contributed by atoms with Crippen LogP contribution < -0.4 is 4.57 Å². The number of alkyl halides is 3. The van der Waals surface area contributed by atoms with Crippen LogP contribution in [0, 0.1) is 5.92 Å². The number of aliphatic hydroxyl groups is 1. The van der Waals surface area contributed by atoms with Gasteiger partial charge in [0, 0.05) is 32.1 Å². The Hall–Kier alpha value is -2.98. The highest BCUT2D eigenvalue weighted by Crippen LogP contribution is 2.40. The number of carbonyl (C=O) groups excluding carboxylic acids is 1. The molecule has 1 atom stereocenters. The topological polar surface area (TPSA) is 65.0 Å². The molecule has 1 aromatic carbocycles. The van der Waals surface area contributed by atoms with Gasteiger partial charge in [0.1, 0.15) is 5.69 Å². The summed E-state index contributed by atoms with van der Waals surface area (Å²) in [4.78, 5) is 18.0. The monoisotopic (exact) mass is 542 g/mol. The van der Waals surface area contributed by atoms with Crippen molar-refractivity contribution in [1.29, 1.82) is 0 Å². The molecular formula is C29H35F3N5O2+. The molecule has 0 radical (unpaired) electrons. The van der Waals surface area contributed by atoms with Gasteiger partial charge in [0.2, 0.25) is 5.69 Å². The Bertz CT molecular complexity index is 1460. The number of fused-ring (bicyclic) bond motifs is 5. The number of imidazole rings is 1. The number of rotatable bonds is 3. The number of hydrogen-bond acceptors (Lipinski definition) is 4. The van der Waals surface area contributed by atoms with Crippen molar-refractivity contribution in [2.45, 2.75) is 70.3 Å². The van der Waals surface area contributed by atoms with Crippen LogP contribution in [0.1, 0.15) is 69.1 Å². The quantitative estimate of drug-likeness (QED) is 0.504. The van der Waals surface area contributed by atoms with Crippen LogP contribution in [0.3, 0.4) is 0 Å². The molecule has 1 aliphatic carbocycles. The van der Waals surface area contributed by atoms with E-state index >= 15 is 0 Å². The lowest BCUT2D eigenvalue weighted by Crippen LogP contribution is -2.69. The van der Waals surface area contributed by atoms with Gasteiger partial charge in [-0.05, 0) is 49.3 Å². The number of halogens is 3. The number of aromatic nitrogens is 3. The van der Waals surface area contributed by atoms with Crippen molar-refractivity contribution in [1.82, 2.24) is 19.4 Å². The number of piperazine rings is 1. The van der Waals surface area contributed by atoms with Gasteiger partial charge >= 0.3 is 17.7 Å². The molecule has 1 unspecified atom stereocenters. The van der Waals surface area contributed by atoms with Gasteiger partial charge in [0.25, 0.3) is 0 Å². The minimum absolute atomic E-state index is 0.0369. The van der Waals surface area contributed by atoms with Gasteiger partial charge in [-0.3, -0.25) is 14.6 Å².